The fourth-order valence-corrected chi connectivity index (χ4v) is 1.88. The highest BCUT2D eigenvalue weighted by molar-refractivity contribution is 14.1. The first kappa shape index (κ1) is 13.7. The van der Waals surface area contributed by atoms with Crippen LogP contribution in [0.25, 0.3) is 0 Å². The minimum atomic E-state index is -0.197. The number of aromatic amines is 1. The topological polar surface area (TPSA) is 70.1 Å². The van der Waals surface area contributed by atoms with Crippen molar-refractivity contribution in [3.63, 3.8) is 0 Å². The molecule has 5 nitrogen and oxygen atoms in total. The van der Waals surface area contributed by atoms with E-state index in [1.54, 1.807) is 6.92 Å². The van der Waals surface area contributed by atoms with Gasteiger partial charge in [-0.25, -0.2) is 10.4 Å². The summed E-state index contributed by atoms with van der Waals surface area (Å²) in [5.41, 5.74) is 5.04. The van der Waals surface area contributed by atoms with Crippen LogP contribution in [0.5, 0.6) is 0 Å². The van der Waals surface area contributed by atoms with Gasteiger partial charge in [0.05, 0.1) is 5.71 Å². The number of H-pyrrole nitrogens is 1. The summed E-state index contributed by atoms with van der Waals surface area (Å²) in [7, 11) is 0. The largest absolute Gasteiger partial charge is 0.291 e. The van der Waals surface area contributed by atoms with E-state index < -0.39 is 0 Å². The van der Waals surface area contributed by atoms with Crippen molar-refractivity contribution in [2.75, 3.05) is 5.43 Å². The molecule has 19 heavy (non-hydrogen) atoms. The lowest BCUT2D eigenvalue weighted by Gasteiger charge is -2.03. The van der Waals surface area contributed by atoms with Gasteiger partial charge < -0.3 is 0 Å². The molecule has 2 aromatic rings. The number of aryl methyl sites for hydroxylation is 1. The zero-order valence-electron chi connectivity index (χ0n) is 10.6. The van der Waals surface area contributed by atoms with Gasteiger partial charge in [-0.3, -0.25) is 9.78 Å². The second-order valence-electron chi connectivity index (χ2n) is 4.05. The number of nitrogens with one attached hydrogen (secondary N) is 2. The SMILES string of the molecule is C/C(=N\Nc1nc(C)cc(=O)[nH]1)c1ccc(I)cc1. The van der Waals surface area contributed by atoms with E-state index in [4.69, 9.17) is 0 Å². The molecule has 1 aromatic carbocycles. The first-order valence-corrected chi connectivity index (χ1v) is 6.77. The Morgan fingerprint density at radius 1 is 1.37 bits per heavy atom. The number of aromatic nitrogens is 2. The molecule has 0 aliphatic carbocycles. The Balaban J connectivity index is 2.17. The standard InChI is InChI=1S/C13H13IN4O/c1-8-7-12(19)16-13(15-8)18-17-9(2)10-3-5-11(14)6-4-10/h3-7H,1-2H3,(H2,15,16,18,19)/b17-9+. The van der Waals surface area contributed by atoms with E-state index in [0.717, 1.165) is 11.3 Å². The third-order valence-electron chi connectivity index (χ3n) is 2.46. The van der Waals surface area contributed by atoms with Crippen LogP contribution in [0.1, 0.15) is 18.2 Å². The molecule has 0 unspecified atom stereocenters. The zero-order chi connectivity index (χ0) is 13.8. The van der Waals surface area contributed by atoms with E-state index in [-0.39, 0.29) is 5.56 Å². The number of anilines is 1. The molecule has 0 radical (unpaired) electrons. The molecule has 0 spiro atoms. The summed E-state index contributed by atoms with van der Waals surface area (Å²) in [5.74, 6) is 0.342. The van der Waals surface area contributed by atoms with Crippen molar-refractivity contribution >= 4 is 34.3 Å². The van der Waals surface area contributed by atoms with Gasteiger partial charge in [-0.15, -0.1) is 0 Å². The van der Waals surface area contributed by atoms with E-state index in [1.165, 1.54) is 9.64 Å². The monoisotopic (exact) mass is 368 g/mol. The molecular formula is C13H13IN4O. The summed E-state index contributed by atoms with van der Waals surface area (Å²) in [5, 5.41) is 4.21. The molecule has 0 aliphatic rings. The summed E-state index contributed by atoms with van der Waals surface area (Å²) in [4.78, 5) is 18.0. The molecule has 0 amide bonds. The van der Waals surface area contributed by atoms with Crippen LogP contribution in [0.15, 0.2) is 40.2 Å². The van der Waals surface area contributed by atoms with E-state index in [2.05, 4.69) is 43.1 Å². The summed E-state index contributed by atoms with van der Waals surface area (Å²) in [6.07, 6.45) is 0. The van der Waals surface area contributed by atoms with Gasteiger partial charge in [0.1, 0.15) is 0 Å². The third kappa shape index (κ3) is 3.88. The van der Waals surface area contributed by atoms with Crippen molar-refractivity contribution < 1.29 is 0 Å². The highest BCUT2D eigenvalue weighted by atomic mass is 127. The number of hydrogen-bond donors (Lipinski definition) is 2. The Morgan fingerprint density at radius 2 is 2.05 bits per heavy atom. The second kappa shape index (κ2) is 5.96. The quantitative estimate of drug-likeness (QED) is 0.497. The van der Waals surface area contributed by atoms with E-state index >= 15 is 0 Å². The molecule has 1 aromatic heterocycles. The van der Waals surface area contributed by atoms with Gasteiger partial charge in [-0.2, -0.15) is 5.10 Å². The van der Waals surface area contributed by atoms with Crippen molar-refractivity contribution in [2.45, 2.75) is 13.8 Å². The number of benzene rings is 1. The van der Waals surface area contributed by atoms with Crippen LogP contribution in [0, 0.1) is 10.5 Å². The van der Waals surface area contributed by atoms with Crippen molar-refractivity contribution in [3.05, 3.63) is 55.5 Å². The Morgan fingerprint density at radius 3 is 2.68 bits per heavy atom. The van der Waals surface area contributed by atoms with Crippen molar-refractivity contribution in [1.29, 1.82) is 0 Å². The van der Waals surface area contributed by atoms with Crippen LogP contribution >= 0.6 is 22.6 Å². The summed E-state index contributed by atoms with van der Waals surface area (Å²) < 4.78 is 1.17. The number of rotatable bonds is 3. The molecule has 0 saturated heterocycles. The zero-order valence-corrected chi connectivity index (χ0v) is 12.7. The molecule has 98 valence electrons. The first-order chi connectivity index (χ1) is 9.04. The molecular weight excluding hydrogens is 355 g/mol. The second-order valence-corrected chi connectivity index (χ2v) is 5.30. The molecule has 0 saturated carbocycles. The molecule has 6 heteroatoms. The van der Waals surface area contributed by atoms with E-state index in [1.807, 2.05) is 31.2 Å². The van der Waals surface area contributed by atoms with Crippen LogP contribution in [-0.4, -0.2) is 15.7 Å². The smallest absolute Gasteiger partial charge is 0.252 e. The van der Waals surface area contributed by atoms with Crippen LogP contribution in [0.3, 0.4) is 0 Å². The van der Waals surface area contributed by atoms with Gasteiger partial charge >= 0.3 is 0 Å². The maximum atomic E-state index is 11.3. The first-order valence-electron chi connectivity index (χ1n) is 5.69. The van der Waals surface area contributed by atoms with Gasteiger partial charge in [0.25, 0.3) is 5.56 Å². The molecule has 0 aliphatic heterocycles. The van der Waals surface area contributed by atoms with Gasteiger partial charge in [0.2, 0.25) is 5.95 Å². The van der Waals surface area contributed by atoms with Crippen LogP contribution in [0.4, 0.5) is 5.95 Å². The summed E-state index contributed by atoms with van der Waals surface area (Å²) >= 11 is 2.25. The van der Waals surface area contributed by atoms with Crippen molar-refractivity contribution in [1.82, 2.24) is 9.97 Å². The summed E-state index contributed by atoms with van der Waals surface area (Å²) in [6, 6.07) is 9.45. The van der Waals surface area contributed by atoms with Crippen LogP contribution in [0.2, 0.25) is 0 Å². The molecule has 2 N–H and O–H groups in total. The average Bonchev–Trinajstić information content (AvgIpc) is 2.36. The predicted molar refractivity (Wildman–Crippen MR) is 84.6 cm³/mol. The lowest BCUT2D eigenvalue weighted by Crippen LogP contribution is -2.11. The van der Waals surface area contributed by atoms with Crippen molar-refractivity contribution in [2.24, 2.45) is 5.10 Å². The normalized spacial score (nSPS) is 11.4. The van der Waals surface area contributed by atoms with Gasteiger partial charge in [0.15, 0.2) is 0 Å². The van der Waals surface area contributed by atoms with E-state index in [0.29, 0.717) is 11.6 Å². The molecule has 1 heterocycles. The fraction of sp³-hybridized carbons (Fsp3) is 0.154. The maximum absolute atomic E-state index is 11.3. The number of nitrogens with zero attached hydrogens (tertiary/aromatic N) is 2. The van der Waals surface area contributed by atoms with Crippen molar-refractivity contribution in [3.8, 4) is 0 Å². The Hall–Kier alpha value is -1.70. The molecule has 2 rings (SSSR count). The van der Waals surface area contributed by atoms with Crippen LogP contribution < -0.4 is 11.0 Å². The van der Waals surface area contributed by atoms with Gasteiger partial charge in [0, 0.05) is 15.3 Å². The number of hydrazone groups is 1. The Kier molecular flexibility index (Phi) is 4.31. The highest BCUT2D eigenvalue weighted by Gasteiger charge is 1.99. The van der Waals surface area contributed by atoms with Crippen LogP contribution in [-0.2, 0) is 0 Å². The number of halogens is 1. The average molecular weight is 368 g/mol. The minimum absolute atomic E-state index is 0.197. The maximum Gasteiger partial charge on any atom is 0.252 e. The Bertz CT molecular complexity index is 661. The summed E-state index contributed by atoms with van der Waals surface area (Å²) in [6.45, 7) is 3.65. The van der Waals surface area contributed by atoms with Gasteiger partial charge in [-0.05, 0) is 54.1 Å². The highest BCUT2D eigenvalue weighted by Crippen LogP contribution is 2.08. The predicted octanol–water partition coefficient (Wildman–Crippen LogP) is 2.52. The minimum Gasteiger partial charge on any atom is -0.291 e. The molecule has 0 bridgehead atoms. The van der Waals surface area contributed by atoms with E-state index in [9.17, 15) is 4.79 Å². The lowest BCUT2D eigenvalue weighted by atomic mass is 10.1. The molecule has 0 fully saturated rings. The fourth-order valence-electron chi connectivity index (χ4n) is 1.52. The van der Waals surface area contributed by atoms with Gasteiger partial charge in [-0.1, -0.05) is 12.1 Å². The Labute approximate surface area is 124 Å². The third-order valence-corrected chi connectivity index (χ3v) is 3.18. The molecule has 0 atom stereocenters. The number of hydrogen-bond acceptors (Lipinski definition) is 4. The lowest BCUT2D eigenvalue weighted by molar-refractivity contribution is 1.04.